The Morgan fingerprint density at radius 2 is 1.76 bits per heavy atom. The maximum Gasteiger partial charge on any atom is 0.365 e. The first-order valence-electron chi connectivity index (χ1n) is 5.24. The Kier molecular flexibility index (Phi) is 3.62. The van der Waals surface area contributed by atoms with Crippen molar-refractivity contribution in [1.29, 1.82) is 0 Å². The lowest BCUT2D eigenvalue weighted by molar-refractivity contribution is 0.410. The normalized spacial score (nSPS) is 12.1. The van der Waals surface area contributed by atoms with Crippen molar-refractivity contribution in [2.24, 2.45) is 0 Å². The minimum atomic E-state index is -2.99. The summed E-state index contributed by atoms with van der Waals surface area (Å²) in [6, 6.07) is 15.3. The monoisotopic (exact) mass is 248 g/mol. The van der Waals surface area contributed by atoms with Crippen LogP contribution < -0.4 is 4.52 Å². The maximum atomic E-state index is 10.9. The van der Waals surface area contributed by atoms with E-state index in [9.17, 15) is 4.57 Å². The Balaban J connectivity index is 2.54. The van der Waals surface area contributed by atoms with E-state index in [1.165, 1.54) is 0 Å². The molecule has 0 radical (unpaired) electrons. The molecule has 88 valence electrons. The Morgan fingerprint density at radius 3 is 2.41 bits per heavy atom. The molecule has 0 fully saturated rings. The van der Waals surface area contributed by atoms with Crippen LogP contribution in [0.4, 0.5) is 0 Å². The molecular formula is C13H13O3P. The minimum Gasteiger partial charge on any atom is -0.425 e. The van der Waals surface area contributed by atoms with Gasteiger partial charge < -0.3 is 9.42 Å². The van der Waals surface area contributed by atoms with Crippen LogP contribution in [0.1, 0.15) is 5.56 Å². The van der Waals surface area contributed by atoms with E-state index in [4.69, 9.17) is 9.42 Å². The average molecular weight is 248 g/mol. The number of para-hydroxylation sites is 1. The zero-order valence-electron chi connectivity index (χ0n) is 9.38. The highest BCUT2D eigenvalue weighted by Crippen LogP contribution is 2.36. The summed E-state index contributed by atoms with van der Waals surface area (Å²) in [5, 5.41) is 0. The smallest absolute Gasteiger partial charge is 0.365 e. The molecule has 2 aromatic rings. The second-order valence-electron chi connectivity index (χ2n) is 3.69. The zero-order valence-corrected chi connectivity index (χ0v) is 10.4. The van der Waals surface area contributed by atoms with E-state index in [1.807, 2.05) is 55.5 Å². The fraction of sp³-hybridized carbons (Fsp3) is 0.0769. The molecule has 0 saturated heterocycles. The fourth-order valence-corrected chi connectivity index (χ4v) is 2.17. The molecule has 0 spiro atoms. The van der Waals surface area contributed by atoms with Gasteiger partial charge in [-0.1, -0.05) is 48.5 Å². The van der Waals surface area contributed by atoms with Crippen LogP contribution in [-0.4, -0.2) is 4.89 Å². The van der Waals surface area contributed by atoms with Crippen molar-refractivity contribution in [1.82, 2.24) is 0 Å². The van der Waals surface area contributed by atoms with Crippen LogP contribution in [0.3, 0.4) is 0 Å². The molecule has 1 unspecified atom stereocenters. The summed E-state index contributed by atoms with van der Waals surface area (Å²) in [5.74, 6) is 0.477. The highest BCUT2D eigenvalue weighted by Gasteiger charge is 2.10. The largest absolute Gasteiger partial charge is 0.425 e. The molecule has 4 heteroatoms. The van der Waals surface area contributed by atoms with Gasteiger partial charge in [-0.15, -0.1) is 0 Å². The standard InChI is InChI=1S/C13H13O3P/c1-10-6-5-9-12(13(10)16-17(14)15)11-7-3-2-4-8-11/h2-9,17H,1H3,(H,14,15). The Hall–Kier alpha value is -1.57. The minimum absolute atomic E-state index is 0.477. The van der Waals surface area contributed by atoms with E-state index < -0.39 is 8.25 Å². The molecule has 0 amide bonds. The van der Waals surface area contributed by atoms with Gasteiger partial charge in [-0.05, 0) is 18.1 Å². The second-order valence-corrected chi connectivity index (χ2v) is 4.42. The van der Waals surface area contributed by atoms with Crippen LogP contribution in [0.5, 0.6) is 5.75 Å². The van der Waals surface area contributed by atoms with E-state index >= 15 is 0 Å². The molecule has 0 saturated carbocycles. The summed E-state index contributed by atoms with van der Waals surface area (Å²) in [7, 11) is -2.99. The molecule has 2 aromatic carbocycles. The van der Waals surface area contributed by atoms with Gasteiger partial charge in [0.1, 0.15) is 5.75 Å². The van der Waals surface area contributed by atoms with Crippen LogP contribution in [0, 0.1) is 6.92 Å². The summed E-state index contributed by atoms with van der Waals surface area (Å²) in [5.41, 5.74) is 2.64. The summed E-state index contributed by atoms with van der Waals surface area (Å²) >= 11 is 0. The third kappa shape index (κ3) is 2.76. The van der Waals surface area contributed by atoms with Crippen LogP contribution in [0.15, 0.2) is 48.5 Å². The number of benzene rings is 2. The number of hydrogen-bond acceptors (Lipinski definition) is 2. The molecule has 1 atom stereocenters. The molecule has 0 aliphatic carbocycles. The summed E-state index contributed by atoms with van der Waals surface area (Å²) in [4.78, 5) is 8.93. The number of hydrogen-bond donors (Lipinski definition) is 1. The van der Waals surface area contributed by atoms with Crippen LogP contribution in [0.25, 0.3) is 11.1 Å². The van der Waals surface area contributed by atoms with E-state index in [2.05, 4.69) is 0 Å². The van der Waals surface area contributed by atoms with E-state index in [0.29, 0.717) is 5.75 Å². The predicted octanol–water partition coefficient (Wildman–Crippen LogP) is 3.42. The quantitative estimate of drug-likeness (QED) is 0.846. The Labute approximate surface area is 101 Å². The van der Waals surface area contributed by atoms with Crippen molar-refractivity contribution in [3.05, 3.63) is 54.1 Å². The van der Waals surface area contributed by atoms with Gasteiger partial charge in [0.15, 0.2) is 0 Å². The van der Waals surface area contributed by atoms with Crippen molar-refractivity contribution < 1.29 is 14.0 Å². The molecule has 0 heterocycles. The van der Waals surface area contributed by atoms with Gasteiger partial charge in [-0.2, -0.15) is 0 Å². The molecule has 0 aromatic heterocycles. The first kappa shape index (κ1) is 11.9. The third-order valence-corrected chi connectivity index (χ3v) is 2.86. The van der Waals surface area contributed by atoms with E-state index in [-0.39, 0.29) is 0 Å². The summed E-state index contributed by atoms with van der Waals surface area (Å²) in [6.07, 6.45) is 0. The molecule has 0 bridgehead atoms. The number of aryl methyl sites for hydroxylation is 1. The lowest BCUT2D eigenvalue weighted by Gasteiger charge is -2.11. The molecule has 1 N–H and O–H groups in total. The van der Waals surface area contributed by atoms with Crippen molar-refractivity contribution >= 4 is 8.25 Å². The maximum absolute atomic E-state index is 10.9. The molecule has 0 aliphatic heterocycles. The van der Waals surface area contributed by atoms with Gasteiger partial charge in [0.05, 0.1) is 0 Å². The Bertz CT molecular complexity index is 538. The highest BCUT2D eigenvalue weighted by molar-refractivity contribution is 7.32. The highest BCUT2D eigenvalue weighted by atomic mass is 31.1. The predicted molar refractivity (Wildman–Crippen MR) is 68.5 cm³/mol. The van der Waals surface area contributed by atoms with E-state index in [1.54, 1.807) is 0 Å². The molecular weight excluding hydrogens is 235 g/mol. The lowest BCUT2D eigenvalue weighted by atomic mass is 10.0. The average Bonchev–Trinajstić information content (AvgIpc) is 2.32. The van der Waals surface area contributed by atoms with Crippen molar-refractivity contribution in [2.75, 3.05) is 0 Å². The third-order valence-electron chi connectivity index (χ3n) is 2.49. The summed E-state index contributed by atoms with van der Waals surface area (Å²) in [6.45, 7) is 1.85. The Morgan fingerprint density at radius 1 is 1.06 bits per heavy atom. The molecule has 17 heavy (non-hydrogen) atoms. The lowest BCUT2D eigenvalue weighted by Crippen LogP contribution is -1.89. The van der Waals surface area contributed by atoms with Gasteiger partial charge in [-0.3, -0.25) is 0 Å². The summed E-state index contributed by atoms with van der Waals surface area (Å²) < 4.78 is 15.9. The fourth-order valence-electron chi connectivity index (χ4n) is 1.72. The van der Waals surface area contributed by atoms with Crippen LogP contribution >= 0.6 is 8.25 Å². The van der Waals surface area contributed by atoms with Crippen molar-refractivity contribution in [3.8, 4) is 16.9 Å². The second kappa shape index (κ2) is 5.17. The van der Waals surface area contributed by atoms with Gasteiger partial charge in [0, 0.05) is 5.56 Å². The van der Waals surface area contributed by atoms with Gasteiger partial charge in [0.2, 0.25) is 0 Å². The van der Waals surface area contributed by atoms with Gasteiger partial charge >= 0.3 is 8.25 Å². The van der Waals surface area contributed by atoms with E-state index in [0.717, 1.165) is 16.7 Å². The first-order chi connectivity index (χ1) is 8.18. The SMILES string of the molecule is Cc1cccc(-c2ccccc2)c1O[PH](=O)O. The van der Waals surface area contributed by atoms with Crippen molar-refractivity contribution in [2.45, 2.75) is 6.92 Å². The van der Waals surface area contributed by atoms with Crippen LogP contribution in [0.2, 0.25) is 0 Å². The van der Waals surface area contributed by atoms with Gasteiger partial charge in [0.25, 0.3) is 0 Å². The van der Waals surface area contributed by atoms with Crippen LogP contribution in [-0.2, 0) is 4.57 Å². The molecule has 2 rings (SSSR count). The van der Waals surface area contributed by atoms with Crippen molar-refractivity contribution in [3.63, 3.8) is 0 Å². The molecule has 3 nitrogen and oxygen atoms in total. The van der Waals surface area contributed by atoms with Gasteiger partial charge in [-0.25, -0.2) is 4.57 Å². The first-order valence-corrected chi connectivity index (χ1v) is 6.50. The molecule has 0 aliphatic rings. The number of rotatable bonds is 3. The topological polar surface area (TPSA) is 46.5 Å². The zero-order chi connectivity index (χ0) is 12.3.